The van der Waals surface area contributed by atoms with Crippen LogP contribution >= 0.6 is 0 Å². The van der Waals surface area contributed by atoms with E-state index in [-0.39, 0.29) is 11.3 Å². The molecule has 3 nitrogen and oxygen atoms in total. The van der Waals surface area contributed by atoms with E-state index in [0.717, 1.165) is 25.9 Å². The molecule has 2 rings (SSSR count). The molecule has 1 aromatic carbocycles. The number of ether oxygens (including phenoxy) is 1. The third-order valence-corrected chi connectivity index (χ3v) is 3.70. The third kappa shape index (κ3) is 3.85. The minimum Gasteiger partial charge on any atom is -0.381 e. The fraction of sp³-hybridized carbons (Fsp3) is 0.533. The highest BCUT2D eigenvalue weighted by Gasteiger charge is 2.19. The van der Waals surface area contributed by atoms with Crippen LogP contribution in [0, 0.1) is 5.82 Å². The van der Waals surface area contributed by atoms with Crippen LogP contribution in [0.25, 0.3) is 0 Å². The van der Waals surface area contributed by atoms with Crippen LogP contribution in [0.2, 0.25) is 0 Å². The Balaban J connectivity index is 1.80. The first kappa shape index (κ1) is 14.2. The molecule has 0 N–H and O–H groups in total. The number of likely N-dealkylation sites (tertiary alicyclic amines) is 1. The van der Waals surface area contributed by atoms with Crippen molar-refractivity contribution in [2.45, 2.75) is 25.4 Å². The van der Waals surface area contributed by atoms with Crippen molar-refractivity contribution >= 4 is 5.78 Å². The second-order valence-electron chi connectivity index (χ2n) is 4.93. The molecule has 4 heteroatoms. The van der Waals surface area contributed by atoms with Gasteiger partial charge >= 0.3 is 0 Å². The summed E-state index contributed by atoms with van der Waals surface area (Å²) in [5.41, 5.74) is 0.203. The van der Waals surface area contributed by atoms with Crippen LogP contribution in [0.15, 0.2) is 24.3 Å². The molecular weight excluding hydrogens is 245 g/mol. The number of carbonyl (C=O) groups excluding carboxylic acids is 1. The summed E-state index contributed by atoms with van der Waals surface area (Å²) in [5.74, 6) is -0.544. The maximum Gasteiger partial charge on any atom is 0.167 e. The molecule has 1 saturated heterocycles. The summed E-state index contributed by atoms with van der Waals surface area (Å²) in [7, 11) is 1.74. The lowest BCUT2D eigenvalue weighted by Crippen LogP contribution is -2.37. The first-order valence-corrected chi connectivity index (χ1v) is 6.73. The Hall–Kier alpha value is -1.26. The Morgan fingerprint density at radius 1 is 1.37 bits per heavy atom. The number of hydrogen-bond acceptors (Lipinski definition) is 3. The van der Waals surface area contributed by atoms with Crippen LogP contribution in [0.5, 0.6) is 0 Å². The molecule has 0 radical (unpaired) electrons. The van der Waals surface area contributed by atoms with Gasteiger partial charge in [-0.05, 0) is 25.0 Å². The minimum atomic E-state index is -0.425. The lowest BCUT2D eigenvalue weighted by atomic mass is 10.1. The number of benzene rings is 1. The van der Waals surface area contributed by atoms with E-state index < -0.39 is 5.82 Å². The lowest BCUT2D eigenvalue weighted by molar-refractivity contribution is 0.0406. The van der Waals surface area contributed by atoms with Crippen molar-refractivity contribution in [2.75, 3.05) is 26.7 Å². The molecule has 1 aromatic rings. The average molecular weight is 265 g/mol. The van der Waals surface area contributed by atoms with E-state index in [1.165, 1.54) is 6.07 Å². The SMILES string of the molecule is COC1CCN(CCC(=O)c2ccccc2F)CC1. The predicted molar refractivity (Wildman–Crippen MR) is 71.8 cm³/mol. The second-order valence-corrected chi connectivity index (χ2v) is 4.93. The van der Waals surface area contributed by atoms with Crippen LogP contribution in [0.1, 0.15) is 29.6 Å². The monoisotopic (exact) mass is 265 g/mol. The Kier molecular flexibility index (Phi) is 5.05. The van der Waals surface area contributed by atoms with Crippen molar-refractivity contribution in [1.29, 1.82) is 0 Å². The van der Waals surface area contributed by atoms with Gasteiger partial charge in [0.15, 0.2) is 5.78 Å². The summed E-state index contributed by atoms with van der Waals surface area (Å²) in [6, 6.07) is 6.17. The van der Waals surface area contributed by atoms with Gasteiger partial charge in [0.2, 0.25) is 0 Å². The lowest BCUT2D eigenvalue weighted by Gasteiger charge is -2.30. The van der Waals surface area contributed by atoms with Gasteiger partial charge in [0.25, 0.3) is 0 Å². The zero-order valence-corrected chi connectivity index (χ0v) is 11.3. The van der Waals surface area contributed by atoms with Gasteiger partial charge in [0.05, 0.1) is 11.7 Å². The van der Waals surface area contributed by atoms with Gasteiger partial charge < -0.3 is 9.64 Å². The molecule has 0 amide bonds. The van der Waals surface area contributed by atoms with Gasteiger partial charge in [-0.15, -0.1) is 0 Å². The summed E-state index contributed by atoms with van der Waals surface area (Å²) < 4.78 is 18.8. The molecule has 1 aliphatic rings. The molecule has 0 saturated carbocycles. The summed E-state index contributed by atoms with van der Waals surface area (Å²) in [6.45, 7) is 2.59. The zero-order valence-electron chi connectivity index (χ0n) is 11.3. The zero-order chi connectivity index (χ0) is 13.7. The Labute approximate surface area is 113 Å². The number of halogens is 1. The third-order valence-electron chi connectivity index (χ3n) is 3.70. The van der Waals surface area contributed by atoms with Crippen LogP contribution in [0.4, 0.5) is 4.39 Å². The topological polar surface area (TPSA) is 29.5 Å². The van der Waals surface area contributed by atoms with E-state index in [1.54, 1.807) is 25.3 Å². The summed E-state index contributed by atoms with van der Waals surface area (Å²) in [6.07, 6.45) is 2.73. The summed E-state index contributed by atoms with van der Waals surface area (Å²) in [4.78, 5) is 14.2. The minimum absolute atomic E-state index is 0.119. The van der Waals surface area contributed by atoms with Crippen LogP contribution in [0.3, 0.4) is 0 Å². The smallest absolute Gasteiger partial charge is 0.167 e. The molecule has 1 fully saturated rings. The van der Waals surface area contributed by atoms with E-state index in [4.69, 9.17) is 4.74 Å². The van der Waals surface area contributed by atoms with Gasteiger partial charge in [-0.25, -0.2) is 4.39 Å². The van der Waals surface area contributed by atoms with E-state index in [0.29, 0.717) is 19.1 Å². The van der Waals surface area contributed by atoms with Crippen molar-refractivity contribution < 1.29 is 13.9 Å². The quantitative estimate of drug-likeness (QED) is 0.766. The molecule has 0 aliphatic carbocycles. The number of piperidine rings is 1. The number of ketones is 1. The molecule has 19 heavy (non-hydrogen) atoms. The van der Waals surface area contributed by atoms with Gasteiger partial charge in [0.1, 0.15) is 5.82 Å². The highest BCUT2D eigenvalue weighted by atomic mass is 19.1. The number of rotatable bonds is 5. The van der Waals surface area contributed by atoms with Crippen molar-refractivity contribution in [1.82, 2.24) is 4.90 Å². The number of carbonyl (C=O) groups is 1. The number of methoxy groups -OCH3 is 1. The highest BCUT2D eigenvalue weighted by Crippen LogP contribution is 2.14. The van der Waals surface area contributed by atoms with Crippen LogP contribution < -0.4 is 0 Å². The Bertz CT molecular complexity index is 428. The number of nitrogens with zero attached hydrogens (tertiary/aromatic N) is 1. The normalized spacial score (nSPS) is 17.6. The van der Waals surface area contributed by atoms with E-state index >= 15 is 0 Å². The van der Waals surface area contributed by atoms with E-state index in [2.05, 4.69) is 4.90 Å². The molecule has 0 aromatic heterocycles. The largest absolute Gasteiger partial charge is 0.381 e. The van der Waals surface area contributed by atoms with Gasteiger partial charge in [-0.2, -0.15) is 0 Å². The highest BCUT2D eigenvalue weighted by molar-refractivity contribution is 5.96. The first-order valence-electron chi connectivity index (χ1n) is 6.73. The van der Waals surface area contributed by atoms with Crippen molar-refractivity contribution in [2.24, 2.45) is 0 Å². The Morgan fingerprint density at radius 2 is 2.05 bits per heavy atom. The first-order chi connectivity index (χ1) is 9.20. The molecule has 1 heterocycles. The van der Waals surface area contributed by atoms with E-state index in [1.807, 2.05) is 0 Å². The number of Topliss-reactive ketones (excluding diaryl/α,β-unsaturated/α-hetero) is 1. The average Bonchev–Trinajstić information content (AvgIpc) is 2.46. The van der Waals surface area contributed by atoms with Crippen molar-refractivity contribution in [3.05, 3.63) is 35.6 Å². The van der Waals surface area contributed by atoms with Crippen molar-refractivity contribution in [3.8, 4) is 0 Å². The maximum absolute atomic E-state index is 13.5. The molecule has 1 aliphatic heterocycles. The molecule has 104 valence electrons. The maximum atomic E-state index is 13.5. The fourth-order valence-corrected chi connectivity index (χ4v) is 2.45. The van der Waals surface area contributed by atoms with Gasteiger partial charge in [-0.3, -0.25) is 4.79 Å². The fourth-order valence-electron chi connectivity index (χ4n) is 2.45. The van der Waals surface area contributed by atoms with Gasteiger partial charge in [-0.1, -0.05) is 12.1 Å². The molecule has 0 atom stereocenters. The van der Waals surface area contributed by atoms with E-state index in [9.17, 15) is 9.18 Å². The van der Waals surface area contributed by atoms with Crippen LogP contribution in [-0.2, 0) is 4.74 Å². The molecule has 0 bridgehead atoms. The van der Waals surface area contributed by atoms with Crippen molar-refractivity contribution in [3.63, 3.8) is 0 Å². The van der Waals surface area contributed by atoms with Gasteiger partial charge in [0, 0.05) is 33.2 Å². The summed E-state index contributed by atoms with van der Waals surface area (Å²) in [5, 5.41) is 0. The predicted octanol–water partition coefficient (Wildman–Crippen LogP) is 2.51. The Morgan fingerprint density at radius 3 is 2.68 bits per heavy atom. The molecular formula is C15H20FNO2. The summed E-state index contributed by atoms with van der Waals surface area (Å²) >= 11 is 0. The van der Waals surface area contributed by atoms with Crippen LogP contribution in [-0.4, -0.2) is 43.5 Å². The molecule has 0 unspecified atom stereocenters. The standard InChI is InChI=1S/C15H20FNO2/c1-19-12-6-9-17(10-7-12)11-8-15(18)13-4-2-3-5-14(13)16/h2-5,12H,6-11H2,1H3. The number of hydrogen-bond donors (Lipinski definition) is 0. The molecule has 0 spiro atoms. The second kappa shape index (κ2) is 6.78.